The number of alkyl halides is 1. The van der Waals surface area contributed by atoms with Gasteiger partial charge in [-0.25, -0.2) is 9.07 Å². The van der Waals surface area contributed by atoms with Gasteiger partial charge in [0, 0.05) is 5.69 Å². The zero-order valence-electron chi connectivity index (χ0n) is 18.9. The molecule has 8 nitrogen and oxygen atoms in total. The maximum Gasteiger partial charge on any atom is 0.353 e. The molecule has 0 fully saturated rings. The Bertz CT molecular complexity index is 924. The molecule has 166 valence electrons. The fraction of sp³-hybridized carbons (Fsp3) is 0.600. The van der Waals surface area contributed by atoms with Crippen LogP contribution in [-0.4, -0.2) is 47.4 Å². The summed E-state index contributed by atoms with van der Waals surface area (Å²) in [6, 6.07) is 3.59. The number of aryl methyl sites for hydroxylation is 2. The highest BCUT2D eigenvalue weighted by Gasteiger charge is 2.38. The zero-order valence-corrected chi connectivity index (χ0v) is 19.9. The quantitative estimate of drug-likeness (QED) is 0.333. The number of nitro groups is 1. The molecule has 0 unspecified atom stereocenters. The molecule has 0 saturated carbocycles. The molecule has 0 aliphatic heterocycles. The van der Waals surface area contributed by atoms with Gasteiger partial charge in [0.2, 0.25) is 0 Å². The number of rotatable bonds is 8. The van der Waals surface area contributed by atoms with Crippen molar-refractivity contribution in [3.8, 4) is 11.6 Å². The molecule has 0 aromatic carbocycles. The maximum atomic E-state index is 14.4. The minimum Gasteiger partial charge on any atom is -0.469 e. The van der Waals surface area contributed by atoms with Gasteiger partial charge in [-0.05, 0) is 51.0 Å². The van der Waals surface area contributed by atoms with Crippen LogP contribution in [-0.2, 0) is 4.43 Å². The Labute approximate surface area is 177 Å². The van der Waals surface area contributed by atoms with Gasteiger partial charge in [0.1, 0.15) is 12.3 Å². The number of hydrogen-bond donors (Lipinski definition) is 0. The topological polar surface area (TPSA) is 92.3 Å². The summed E-state index contributed by atoms with van der Waals surface area (Å²) in [4.78, 5) is 15.4. The van der Waals surface area contributed by atoms with E-state index in [1.165, 1.54) is 4.68 Å². The molecular formula is C20H31FN4O4Si. The van der Waals surface area contributed by atoms with E-state index in [1.807, 2.05) is 20.0 Å². The minimum atomic E-state index is -2.10. The molecular weight excluding hydrogens is 407 g/mol. The first-order valence-corrected chi connectivity index (χ1v) is 12.7. The van der Waals surface area contributed by atoms with Gasteiger partial charge in [-0.2, -0.15) is 0 Å². The summed E-state index contributed by atoms with van der Waals surface area (Å²) in [5.41, 5.74) is 2.11. The molecule has 30 heavy (non-hydrogen) atoms. The molecule has 0 bridgehead atoms. The largest absolute Gasteiger partial charge is 0.469 e. The predicted molar refractivity (Wildman–Crippen MR) is 116 cm³/mol. The molecule has 0 N–H and O–H groups in total. The predicted octanol–water partition coefficient (Wildman–Crippen LogP) is 4.84. The fourth-order valence-corrected chi connectivity index (χ4v) is 3.68. The van der Waals surface area contributed by atoms with Crippen LogP contribution >= 0.6 is 0 Å². The van der Waals surface area contributed by atoms with Crippen molar-refractivity contribution in [1.82, 2.24) is 14.8 Å². The Kier molecular flexibility index (Phi) is 7.03. The number of hydrogen-bond acceptors (Lipinski definition) is 6. The highest BCUT2D eigenvalue weighted by atomic mass is 28.4. The summed E-state index contributed by atoms with van der Waals surface area (Å²) in [5, 5.41) is 15.8. The summed E-state index contributed by atoms with van der Waals surface area (Å²) in [5.74, 6) is -0.215. The zero-order chi connectivity index (χ0) is 22.9. The van der Waals surface area contributed by atoms with Gasteiger partial charge in [0.05, 0.1) is 22.9 Å². The van der Waals surface area contributed by atoms with Gasteiger partial charge in [0.25, 0.3) is 0 Å². The highest BCUT2D eigenvalue weighted by molar-refractivity contribution is 6.74. The van der Waals surface area contributed by atoms with Crippen molar-refractivity contribution in [2.24, 2.45) is 0 Å². The second kappa shape index (κ2) is 8.81. The van der Waals surface area contributed by atoms with E-state index in [0.717, 1.165) is 5.69 Å². The number of ether oxygens (including phenoxy) is 1. The lowest BCUT2D eigenvalue weighted by Gasteiger charge is -2.36. The smallest absolute Gasteiger partial charge is 0.353 e. The Balaban J connectivity index is 2.19. The Hall–Kier alpha value is -2.33. The van der Waals surface area contributed by atoms with Gasteiger partial charge in [-0.3, -0.25) is 15.1 Å². The number of nitrogens with zero attached hydrogens (tertiary/aromatic N) is 4. The van der Waals surface area contributed by atoms with Crippen molar-refractivity contribution >= 4 is 14.0 Å². The van der Waals surface area contributed by atoms with Gasteiger partial charge in [0.15, 0.2) is 14.5 Å². The summed E-state index contributed by atoms with van der Waals surface area (Å²) in [7, 11) is -2.10. The summed E-state index contributed by atoms with van der Waals surface area (Å²) in [6.45, 7) is 15.0. The van der Waals surface area contributed by atoms with Crippen LogP contribution < -0.4 is 4.74 Å². The highest BCUT2D eigenvalue weighted by Crippen LogP contribution is 2.37. The second-order valence-corrected chi connectivity index (χ2v) is 13.8. The monoisotopic (exact) mass is 438 g/mol. The lowest BCUT2D eigenvalue weighted by molar-refractivity contribution is -0.386. The van der Waals surface area contributed by atoms with Gasteiger partial charge < -0.3 is 9.16 Å². The molecule has 0 saturated heterocycles. The van der Waals surface area contributed by atoms with Crippen molar-refractivity contribution in [3.05, 3.63) is 39.3 Å². The summed E-state index contributed by atoms with van der Waals surface area (Å²) >= 11 is 0. The standard InChI is InChI=1S/C20H31FN4O4Si/c1-13-9-10-17(14(2)22-13)24-15(3)18(25(26)27)19(23-24)28-11-16(21)12-29-30(7,8)20(4,5)6/h9-10,16H,11-12H2,1-8H3/t16-/m1/s1. The van der Waals surface area contributed by atoms with Gasteiger partial charge in [-0.1, -0.05) is 20.8 Å². The van der Waals surface area contributed by atoms with Crippen LogP contribution in [0.5, 0.6) is 5.88 Å². The molecule has 1 atom stereocenters. The average molecular weight is 439 g/mol. The molecule has 10 heteroatoms. The van der Waals surface area contributed by atoms with Crippen LogP contribution in [0.2, 0.25) is 18.1 Å². The lowest BCUT2D eigenvalue weighted by Crippen LogP contribution is -2.42. The van der Waals surface area contributed by atoms with Crippen molar-refractivity contribution in [1.29, 1.82) is 0 Å². The molecule has 2 aromatic rings. The molecule has 0 spiro atoms. The fourth-order valence-electron chi connectivity index (χ4n) is 2.65. The van der Waals surface area contributed by atoms with Crippen molar-refractivity contribution in [2.45, 2.75) is 65.8 Å². The normalized spacial score (nSPS) is 13.4. The first kappa shape index (κ1) is 23.9. The van der Waals surface area contributed by atoms with Crippen LogP contribution in [0.4, 0.5) is 10.1 Å². The van der Waals surface area contributed by atoms with Gasteiger partial charge in [-0.15, -0.1) is 5.10 Å². The Morgan fingerprint density at radius 2 is 1.87 bits per heavy atom. The van der Waals surface area contributed by atoms with E-state index in [1.54, 1.807) is 26.0 Å². The molecule has 2 rings (SSSR count). The second-order valence-electron chi connectivity index (χ2n) is 8.94. The number of pyridine rings is 1. The van der Waals surface area contributed by atoms with Crippen LogP contribution in [0.25, 0.3) is 5.69 Å². The third-order valence-electron chi connectivity index (χ3n) is 5.49. The summed E-state index contributed by atoms with van der Waals surface area (Å²) in [6.07, 6.45) is -1.42. The Morgan fingerprint density at radius 3 is 2.40 bits per heavy atom. The number of aromatic nitrogens is 3. The van der Waals surface area contributed by atoms with E-state index in [-0.39, 0.29) is 35.5 Å². The van der Waals surface area contributed by atoms with Crippen LogP contribution in [0.1, 0.15) is 37.9 Å². The van der Waals surface area contributed by atoms with E-state index in [2.05, 4.69) is 30.9 Å². The van der Waals surface area contributed by atoms with E-state index >= 15 is 0 Å². The van der Waals surface area contributed by atoms with E-state index in [9.17, 15) is 14.5 Å². The number of halogens is 1. The molecule has 0 aliphatic carbocycles. The molecule has 2 heterocycles. The molecule has 0 radical (unpaired) electrons. The van der Waals surface area contributed by atoms with Crippen LogP contribution in [0.15, 0.2) is 12.1 Å². The van der Waals surface area contributed by atoms with Crippen LogP contribution in [0, 0.1) is 30.9 Å². The molecule has 0 aliphatic rings. The van der Waals surface area contributed by atoms with Gasteiger partial charge >= 0.3 is 11.6 Å². The van der Waals surface area contributed by atoms with Crippen LogP contribution in [0.3, 0.4) is 0 Å². The first-order chi connectivity index (χ1) is 13.7. The minimum absolute atomic E-state index is 0.0395. The third kappa shape index (κ3) is 5.23. The van der Waals surface area contributed by atoms with Crippen molar-refractivity contribution < 1.29 is 18.5 Å². The lowest BCUT2D eigenvalue weighted by atomic mass is 10.2. The summed E-state index contributed by atoms with van der Waals surface area (Å²) < 4.78 is 27.1. The average Bonchev–Trinajstić information content (AvgIpc) is 2.93. The SMILES string of the molecule is Cc1ccc(-n2nc(OC[C@@H](F)CO[Si](C)(C)C(C)(C)C)c([N+](=O)[O-])c2C)c(C)n1. The maximum absolute atomic E-state index is 14.4. The van der Waals surface area contributed by atoms with E-state index < -0.39 is 19.4 Å². The molecule has 2 aromatic heterocycles. The van der Waals surface area contributed by atoms with Crippen molar-refractivity contribution in [2.75, 3.05) is 13.2 Å². The Morgan fingerprint density at radius 1 is 1.23 bits per heavy atom. The van der Waals surface area contributed by atoms with Crippen molar-refractivity contribution in [3.63, 3.8) is 0 Å². The third-order valence-corrected chi connectivity index (χ3v) is 9.99. The van der Waals surface area contributed by atoms with E-state index in [0.29, 0.717) is 11.4 Å². The first-order valence-electron chi connectivity index (χ1n) is 9.84. The molecule has 0 amide bonds. The van der Waals surface area contributed by atoms with E-state index in [4.69, 9.17) is 9.16 Å².